The molecule has 1 rings (SSSR count). The van der Waals surface area contributed by atoms with Gasteiger partial charge in [-0.2, -0.15) is 0 Å². The second kappa shape index (κ2) is 7.85. The summed E-state index contributed by atoms with van der Waals surface area (Å²) in [5.74, 6) is -9.79. The van der Waals surface area contributed by atoms with Gasteiger partial charge in [0.15, 0.2) is 23.3 Å². The average Bonchev–Trinajstić information content (AvgIpc) is 2.44. The number of carbonyl (C=O) groups excluding carboxylic acids is 1. The van der Waals surface area contributed by atoms with E-state index < -0.39 is 45.7 Å². The summed E-state index contributed by atoms with van der Waals surface area (Å²) in [5, 5.41) is 2.42. The smallest absolute Gasteiger partial charge is 0.407 e. The summed E-state index contributed by atoms with van der Waals surface area (Å²) in [6, 6.07) is 0. The molecule has 1 amide bonds. The van der Waals surface area contributed by atoms with Gasteiger partial charge in [0.1, 0.15) is 5.60 Å². The molecule has 0 aliphatic rings. The van der Waals surface area contributed by atoms with Crippen LogP contribution in [0.4, 0.5) is 26.7 Å². The average molecular weight is 357 g/mol. The molecule has 23 heavy (non-hydrogen) atoms. The maximum atomic E-state index is 13.4. The molecule has 0 heterocycles. The number of amides is 1. The van der Waals surface area contributed by atoms with Crippen LogP contribution in [0.15, 0.2) is 4.90 Å². The Morgan fingerprint density at radius 3 is 1.96 bits per heavy atom. The third-order valence-electron chi connectivity index (χ3n) is 2.41. The lowest BCUT2D eigenvalue weighted by Crippen LogP contribution is -2.33. The molecule has 0 aromatic heterocycles. The predicted molar refractivity (Wildman–Crippen MR) is 75.8 cm³/mol. The highest BCUT2D eigenvalue weighted by atomic mass is 32.2. The number of ether oxygens (including phenoxy) is 1. The molecule has 3 nitrogen and oxygen atoms in total. The molecule has 1 aromatic carbocycles. The fourth-order valence-electron chi connectivity index (χ4n) is 1.46. The molecule has 0 saturated carbocycles. The van der Waals surface area contributed by atoms with E-state index in [1.54, 1.807) is 20.8 Å². The van der Waals surface area contributed by atoms with E-state index in [4.69, 9.17) is 4.74 Å². The van der Waals surface area contributed by atoms with Crippen molar-refractivity contribution in [2.75, 3.05) is 12.3 Å². The van der Waals surface area contributed by atoms with Gasteiger partial charge in [-0.25, -0.2) is 26.7 Å². The van der Waals surface area contributed by atoms with Gasteiger partial charge in [0.2, 0.25) is 5.82 Å². The van der Waals surface area contributed by atoms with Crippen molar-refractivity contribution in [1.29, 1.82) is 0 Å². The van der Waals surface area contributed by atoms with Crippen LogP contribution in [0.3, 0.4) is 0 Å². The standard InChI is InChI=1S/C14H16F5NO2S/c1-14(2,3)22-13(21)20-5-4-6-23-12-10(18)8(16)7(15)9(17)11(12)19/h4-6H2,1-3H3,(H,20,21). The van der Waals surface area contributed by atoms with Gasteiger partial charge in [0.05, 0.1) is 4.90 Å². The number of hydrogen-bond acceptors (Lipinski definition) is 3. The fourth-order valence-corrected chi connectivity index (χ4v) is 2.39. The van der Waals surface area contributed by atoms with Crippen LogP contribution in [-0.2, 0) is 4.74 Å². The molecule has 0 aliphatic heterocycles. The van der Waals surface area contributed by atoms with Crippen LogP contribution < -0.4 is 5.32 Å². The molecule has 130 valence electrons. The zero-order valence-corrected chi connectivity index (χ0v) is 13.6. The van der Waals surface area contributed by atoms with Gasteiger partial charge in [-0.05, 0) is 32.9 Å². The molecule has 0 radical (unpaired) electrons. The van der Waals surface area contributed by atoms with Crippen LogP contribution in [0, 0.1) is 29.1 Å². The molecule has 0 unspecified atom stereocenters. The van der Waals surface area contributed by atoms with Crippen LogP contribution in [0.5, 0.6) is 0 Å². The molecule has 0 bridgehead atoms. The molecule has 9 heteroatoms. The zero-order valence-electron chi connectivity index (χ0n) is 12.7. The van der Waals surface area contributed by atoms with Crippen LogP contribution in [-0.4, -0.2) is 24.0 Å². The van der Waals surface area contributed by atoms with Crippen molar-refractivity contribution in [3.63, 3.8) is 0 Å². The lowest BCUT2D eigenvalue weighted by molar-refractivity contribution is 0.0528. The van der Waals surface area contributed by atoms with Crippen molar-refractivity contribution in [2.45, 2.75) is 37.7 Å². The van der Waals surface area contributed by atoms with Crippen molar-refractivity contribution in [3.8, 4) is 0 Å². The first kappa shape index (κ1) is 19.5. The van der Waals surface area contributed by atoms with E-state index in [0.29, 0.717) is 11.8 Å². The first-order valence-corrected chi connectivity index (χ1v) is 7.64. The Morgan fingerprint density at radius 2 is 1.48 bits per heavy atom. The Bertz CT molecular complexity index is 561. The number of alkyl carbamates (subject to hydrolysis) is 1. The van der Waals surface area contributed by atoms with Crippen molar-refractivity contribution in [3.05, 3.63) is 29.1 Å². The van der Waals surface area contributed by atoms with E-state index in [2.05, 4.69) is 5.32 Å². The first-order valence-electron chi connectivity index (χ1n) is 6.65. The second-order valence-corrected chi connectivity index (χ2v) is 6.63. The number of benzene rings is 1. The molecule has 1 aromatic rings. The maximum absolute atomic E-state index is 13.4. The lowest BCUT2D eigenvalue weighted by atomic mass is 10.2. The van der Waals surface area contributed by atoms with Gasteiger partial charge in [-0.1, -0.05) is 0 Å². The third kappa shape index (κ3) is 5.56. The van der Waals surface area contributed by atoms with Gasteiger partial charge in [0.25, 0.3) is 0 Å². The lowest BCUT2D eigenvalue weighted by Gasteiger charge is -2.19. The summed E-state index contributed by atoms with van der Waals surface area (Å²) in [5.41, 5.74) is -0.658. The second-order valence-electron chi connectivity index (χ2n) is 5.53. The summed E-state index contributed by atoms with van der Waals surface area (Å²) in [6.07, 6.45) is -0.401. The SMILES string of the molecule is CC(C)(C)OC(=O)NCCCSc1c(F)c(F)c(F)c(F)c1F. The number of halogens is 5. The quantitative estimate of drug-likeness (QED) is 0.279. The number of carbonyl (C=O) groups is 1. The van der Waals surface area contributed by atoms with E-state index in [1.165, 1.54) is 0 Å². The van der Waals surface area contributed by atoms with Crippen molar-refractivity contribution in [2.24, 2.45) is 0 Å². The largest absolute Gasteiger partial charge is 0.444 e. The maximum Gasteiger partial charge on any atom is 0.407 e. The van der Waals surface area contributed by atoms with Gasteiger partial charge >= 0.3 is 6.09 Å². The molecule has 0 fully saturated rings. The van der Waals surface area contributed by atoms with Crippen LogP contribution in [0.25, 0.3) is 0 Å². The Balaban J connectivity index is 2.50. The summed E-state index contributed by atoms with van der Waals surface area (Å²) < 4.78 is 70.6. The molecule has 1 N–H and O–H groups in total. The highest BCUT2D eigenvalue weighted by molar-refractivity contribution is 7.99. The summed E-state index contributed by atoms with van der Waals surface area (Å²) >= 11 is 0.487. The monoisotopic (exact) mass is 357 g/mol. The summed E-state index contributed by atoms with van der Waals surface area (Å²) in [4.78, 5) is 10.4. The normalized spacial score (nSPS) is 11.5. The number of hydrogen-bond donors (Lipinski definition) is 1. The topological polar surface area (TPSA) is 38.3 Å². The van der Waals surface area contributed by atoms with Gasteiger partial charge in [-0.3, -0.25) is 0 Å². The highest BCUT2D eigenvalue weighted by Gasteiger charge is 2.25. The van der Waals surface area contributed by atoms with E-state index in [9.17, 15) is 26.7 Å². The molecule has 0 spiro atoms. The Hall–Kier alpha value is -1.51. The minimum Gasteiger partial charge on any atom is -0.444 e. The van der Waals surface area contributed by atoms with Crippen LogP contribution in [0.2, 0.25) is 0 Å². The van der Waals surface area contributed by atoms with E-state index >= 15 is 0 Å². The minimum absolute atomic E-state index is 0.0498. The van der Waals surface area contributed by atoms with Gasteiger partial charge in [0, 0.05) is 6.54 Å². The first-order chi connectivity index (χ1) is 10.5. The molecule has 0 atom stereocenters. The molecule has 0 aliphatic carbocycles. The van der Waals surface area contributed by atoms with Crippen molar-refractivity contribution < 1.29 is 31.5 Å². The van der Waals surface area contributed by atoms with Gasteiger partial charge in [-0.15, -0.1) is 11.8 Å². The fraction of sp³-hybridized carbons (Fsp3) is 0.500. The number of rotatable bonds is 5. The molecular weight excluding hydrogens is 341 g/mol. The number of nitrogens with one attached hydrogen (secondary N) is 1. The highest BCUT2D eigenvalue weighted by Crippen LogP contribution is 2.31. The predicted octanol–water partition coefficient (Wildman–Crippen LogP) is 4.39. The van der Waals surface area contributed by atoms with Crippen molar-refractivity contribution >= 4 is 17.9 Å². The minimum atomic E-state index is -2.18. The van der Waals surface area contributed by atoms with Crippen LogP contribution >= 0.6 is 11.8 Å². The third-order valence-corrected chi connectivity index (χ3v) is 3.55. The van der Waals surface area contributed by atoms with Crippen molar-refractivity contribution in [1.82, 2.24) is 5.32 Å². The van der Waals surface area contributed by atoms with E-state index in [-0.39, 0.29) is 18.7 Å². The van der Waals surface area contributed by atoms with E-state index in [0.717, 1.165) is 0 Å². The zero-order chi connectivity index (χ0) is 17.8. The molecule has 0 saturated heterocycles. The Labute approximate surface area is 134 Å². The summed E-state index contributed by atoms with van der Waals surface area (Å²) in [6.45, 7) is 5.19. The number of thioether (sulfide) groups is 1. The van der Waals surface area contributed by atoms with Crippen LogP contribution in [0.1, 0.15) is 27.2 Å². The Morgan fingerprint density at radius 1 is 1.00 bits per heavy atom. The Kier molecular flexibility index (Phi) is 6.67. The molecular formula is C14H16F5NO2S. The van der Waals surface area contributed by atoms with Gasteiger partial charge < -0.3 is 10.1 Å². The summed E-state index contributed by atoms with van der Waals surface area (Å²) in [7, 11) is 0. The van der Waals surface area contributed by atoms with E-state index in [1.807, 2.05) is 0 Å².